The predicted octanol–water partition coefficient (Wildman–Crippen LogP) is 3.59. The molecule has 2 heterocycles. The molecule has 1 N–H and O–H groups in total. The van der Waals surface area contributed by atoms with Crippen molar-refractivity contribution in [2.45, 2.75) is 31.6 Å². The minimum Gasteiger partial charge on any atom is -0.478 e. The van der Waals surface area contributed by atoms with Crippen LogP contribution in [0.5, 0.6) is 0 Å². The monoisotopic (exact) mass is 277 g/mol. The lowest BCUT2D eigenvalue weighted by Gasteiger charge is -2.02. The van der Waals surface area contributed by atoms with Crippen molar-refractivity contribution < 1.29 is 14.3 Å². The summed E-state index contributed by atoms with van der Waals surface area (Å²) < 4.78 is 5.43. The summed E-state index contributed by atoms with van der Waals surface area (Å²) in [4.78, 5) is 15.3. The molecule has 0 saturated heterocycles. The molecule has 0 saturated carbocycles. The molecule has 2 rings (SSSR count). The van der Waals surface area contributed by atoms with Gasteiger partial charge in [-0.1, -0.05) is 11.8 Å². The first-order chi connectivity index (χ1) is 8.95. The zero-order valence-corrected chi connectivity index (χ0v) is 11.9. The van der Waals surface area contributed by atoms with Crippen LogP contribution in [0, 0.1) is 20.8 Å². The van der Waals surface area contributed by atoms with Gasteiger partial charge in [-0.3, -0.25) is 0 Å². The van der Waals surface area contributed by atoms with E-state index in [-0.39, 0.29) is 5.56 Å². The third-order valence-corrected chi connectivity index (χ3v) is 3.57. The Kier molecular flexibility index (Phi) is 3.95. The van der Waals surface area contributed by atoms with Crippen LogP contribution in [0.1, 0.15) is 33.1 Å². The molecule has 2 aromatic heterocycles. The van der Waals surface area contributed by atoms with Gasteiger partial charge in [-0.05, 0) is 44.5 Å². The van der Waals surface area contributed by atoms with Gasteiger partial charge in [-0.2, -0.15) is 0 Å². The quantitative estimate of drug-likeness (QED) is 0.865. The maximum absolute atomic E-state index is 10.9. The smallest absolute Gasteiger partial charge is 0.339 e. The minimum atomic E-state index is -0.956. The van der Waals surface area contributed by atoms with E-state index < -0.39 is 5.97 Å². The SMILES string of the molecule is Cc1cc(C)nc(SCc2cc(C(=O)O)c(C)o2)c1. The number of hydrogen-bond acceptors (Lipinski definition) is 4. The Hall–Kier alpha value is -1.75. The molecule has 0 aliphatic heterocycles. The number of rotatable bonds is 4. The molecule has 0 atom stereocenters. The van der Waals surface area contributed by atoms with Crippen LogP contribution in [-0.2, 0) is 5.75 Å². The summed E-state index contributed by atoms with van der Waals surface area (Å²) in [6.07, 6.45) is 0. The van der Waals surface area contributed by atoms with Crippen LogP contribution in [-0.4, -0.2) is 16.1 Å². The van der Waals surface area contributed by atoms with Crippen molar-refractivity contribution in [2.75, 3.05) is 0 Å². The summed E-state index contributed by atoms with van der Waals surface area (Å²) in [6, 6.07) is 5.60. The van der Waals surface area contributed by atoms with E-state index >= 15 is 0 Å². The van der Waals surface area contributed by atoms with E-state index in [1.54, 1.807) is 13.0 Å². The number of aromatic carboxylic acids is 1. The minimum absolute atomic E-state index is 0.226. The fourth-order valence-electron chi connectivity index (χ4n) is 1.85. The number of thioether (sulfide) groups is 1. The lowest BCUT2D eigenvalue weighted by molar-refractivity contribution is 0.0695. The highest BCUT2D eigenvalue weighted by molar-refractivity contribution is 7.98. The Balaban J connectivity index is 2.10. The van der Waals surface area contributed by atoms with Crippen molar-refractivity contribution >= 4 is 17.7 Å². The number of aromatic nitrogens is 1. The highest BCUT2D eigenvalue weighted by Crippen LogP contribution is 2.25. The molecule has 0 aromatic carbocycles. The summed E-state index contributed by atoms with van der Waals surface area (Å²) in [6.45, 7) is 5.64. The lowest BCUT2D eigenvalue weighted by atomic mass is 10.2. The Labute approximate surface area is 115 Å². The number of carboxylic acids is 1. The number of furan rings is 1. The molecule has 4 nitrogen and oxygen atoms in total. The standard InChI is InChI=1S/C14H15NO3S/c1-8-4-9(2)15-13(5-8)19-7-11-6-12(14(16)17)10(3)18-11/h4-6H,7H2,1-3H3,(H,16,17). The van der Waals surface area contributed by atoms with E-state index in [4.69, 9.17) is 9.52 Å². The fraction of sp³-hybridized carbons (Fsp3) is 0.286. The normalized spacial score (nSPS) is 10.7. The lowest BCUT2D eigenvalue weighted by Crippen LogP contribution is -1.94. The zero-order valence-electron chi connectivity index (χ0n) is 11.1. The predicted molar refractivity (Wildman–Crippen MR) is 73.7 cm³/mol. The van der Waals surface area contributed by atoms with E-state index in [1.165, 1.54) is 11.8 Å². The first kappa shape index (κ1) is 13.7. The van der Waals surface area contributed by atoms with Crippen molar-refractivity contribution in [3.8, 4) is 0 Å². The Morgan fingerprint density at radius 3 is 2.63 bits per heavy atom. The molecular weight excluding hydrogens is 262 g/mol. The molecule has 5 heteroatoms. The van der Waals surface area contributed by atoms with Gasteiger partial charge in [-0.15, -0.1) is 0 Å². The average molecular weight is 277 g/mol. The second kappa shape index (κ2) is 5.48. The molecule has 0 aliphatic rings. The Morgan fingerprint density at radius 2 is 2.05 bits per heavy atom. The number of carbonyl (C=O) groups is 1. The maximum atomic E-state index is 10.9. The molecular formula is C14H15NO3S. The third-order valence-electron chi connectivity index (χ3n) is 2.64. The van der Waals surface area contributed by atoms with Crippen molar-refractivity contribution in [1.82, 2.24) is 4.98 Å². The zero-order chi connectivity index (χ0) is 14.0. The van der Waals surface area contributed by atoms with Crippen LogP contribution in [0.4, 0.5) is 0 Å². The molecule has 19 heavy (non-hydrogen) atoms. The second-order valence-electron chi connectivity index (χ2n) is 4.40. The molecule has 0 bridgehead atoms. The van der Waals surface area contributed by atoms with Crippen molar-refractivity contribution in [2.24, 2.45) is 0 Å². The molecule has 2 aromatic rings. The molecule has 0 unspecified atom stereocenters. The van der Waals surface area contributed by atoms with E-state index in [0.717, 1.165) is 16.3 Å². The number of pyridine rings is 1. The van der Waals surface area contributed by atoms with E-state index in [1.807, 2.05) is 26.0 Å². The largest absolute Gasteiger partial charge is 0.478 e. The summed E-state index contributed by atoms with van der Waals surface area (Å²) in [5, 5.41) is 9.88. The molecule has 0 fully saturated rings. The van der Waals surface area contributed by atoms with Gasteiger partial charge in [0.05, 0.1) is 10.8 Å². The highest BCUT2D eigenvalue weighted by Gasteiger charge is 2.13. The van der Waals surface area contributed by atoms with Gasteiger partial charge < -0.3 is 9.52 Å². The fourth-order valence-corrected chi connectivity index (χ4v) is 2.76. The van der Waals surface area contributed by atoms with Crippen LogP contribution >= 0.6 is 11.8 Å². The van der Waals surface area contributed by atoms with E-state index in [2.05, 4.69) is 4.98 Å². The second-order valence-corrected chi connectivity index (χ2v) is 5.40. The molecule has 0 radical (unpaired) electrons. The molecule has 100 valence electrons. The number of nitrogens with zero attached hydrogens (tertiary/aromatic N) is 1. The van der Waals surface area contributed by atoms with E-state index in [9.17, 15) is 4.79 Å². The van der Waals surface area contributed by atoms with Crippen LogP contribution in [0.3, 0.4) is 0 Å². The Bertz CT molecular complexity index is 599. The van der Waals surface area contributed by atoms with Gasteiger partial charge >= 0.3 is 5.97 Å². The summed E-state index contributed by atoms with van der Waals surface area (Å²) in [5.41, 5.74) is 2.37. The van der Waals surface area contributed by atoms with Crippen LogP contribution in [0.25, 0.3) is 0 Å². The van der Waals surface area contributed by atoms with Crippen molar-refractivity contribution in [3.63, 3.8) is 0 Å². The van der Waals surface area contributed by atoms with Gasteiger partial charge in [0.2, 0.25) is 0 Å². The van der Waals surface area contributed by atoms with Crippen molar-refractivity contribution in [3.05, 3.63) is 46.5 Å². The van der Waals surface area contributed by atoms with Crippen LogP contribution in [0.2, 0.25) is 0 Å². The highest BCUT2D eigenvalue weighted by atomic mass is 32.2. The number of carboxylic acid groups (broad SMARTS) is 1. The summed E-state index contributed by atoms with van der Waals surface area (Å²) in [7, 11) is 0. The molecule has 0 aliphatic carbocycles. The van der Waals surface area contributed by atoms with Gasteiger partial charge in [-0.25, -0.2) is 9.78 Å². The van der Waals surface area contributed by atoms with Crippen LogP contribution in [0.15, 0.2) is 27.6 Å². The molecule has 0 amide bonds. The molecule has 0 spiro atoms. The average Bonchev–Trinajstić information content (AvgIpc) is 2.67. The van der Waals surface area contributed by atoms with Gasteiger partial charge in [0, 0.05) is 5.69 Å². The summed E-state index contributed by atoms with van der Waals surface area (Å²) >= 11 is 1.54. The number of hydrogen-bond donors (Lipinski definition) is 1. The van der Waals surface area contributed by atoms with Crippen molar-refractivity contribution in [1.29, 1.82) is 0 Å². The van der Waals surface area contributed by atoms with Gasteiger partial charge in [0.1, 0.15) is 17.1 Å². The van der Waals surface area contributed by atoms with Gasteiger partial charge in [0.15, 0.2) is 0 Å². The van der Waals surface area contributed by atoms with E-state index in [0.29, 0.717) is 17.3 Å². The number of aryl methyl sites for hydroxylation is 3. The topological polar surface area (TPSA) is 63.3 Å². The Morgan fingerprint density at radius 1 is 1.32 bits per heavy atom. The first-order valence-electron chi connectivity index (χ1n) is 5.86. The van der Waals surface area contributed by atoms with Crippen LogP contribution < -0.4 is 0 Å². The first-order valence-corrected chi connectivity index (χ1v) is 6.85. The van der Waals surface area contributed by atoms with Gasteiger partial charge in [0.25, 0.3) is 0 Å². The maximum Gasteiger partial charge on any atom is 0.339 e. The summed E-state index contributed by atoms with van der Waals surface area (Å²) in [5.74, 6) is 0.712. The third kappa shape index (κ3) is 3.38.